The second-order valence-electron chi connectivity index (χ2n) is 7.26. The molecule has 0 aromatic heterocycles. The number of aryl methyl sites for hydroxylation is 1. The lowest BCUT2D eigenvalue weighted by Crippen LogP contribution is -2.17. The minimum absolute atomic E-state index is 0.102. The fourth-order valence-corrected chi connectivity index (χ4v) is 4.30. The highest BCUT2D eigenvalue weighted by atomic mass is 16.5. The third kappa shape index (κ3) is 2.80. The zero-order chi connectivity index (χ0) is 20.0. The van der Waals surface area contributed by atoms with Crippen LogP contribution in [0.25, 0.3) is 33.6 Å². The van der Waals surface area contributed by atoms with Gasteiger partial charge in [0.05, 0.1) is 19.9 Å². The Bertz CT molecular complexity index is 1240. The van der Waals surface area contributed by atoms with Crippen molar-refractivity contribution in [2.45, 2.75) is 13.0 Å². The van der Waals surface area contributed by atoms with Crippen LogP contribution in [0.1, 0.15) is 5.56 Å². The van der Waals surface area contributed by atoms with Gasteiger partial charge in [0.15, 0.2) is 5.75 Å². The van der Waals surface area contributed by atoms with Crippen LogP contribution in [-0.2, 0) is 13.0 Å². The van der Waals surface area contributed by atoms with Crippen LogP contribution in [-0.4, -0.2) is 18.8 Å². The van der Waals surface area contributed by atoms with E-state index in [-0.39, 0.29) is 5.43 Å². The Balaban J connectivity index is 1.87. The molecule has 0 N–H and O–H groups in total. The Kier molecular flexibility index (Phi) is 4.13. The van der Waals surface area contributed by atoms with Crippen molar-refractivity contribution in [3.05, 3.63) is 82.5 Å². The lowest BCUT2D eigenvalue weighted by atomic mass is 9.90. The molecule has 144 valence electrons. The molecule has 0 saturated carbocycles. The molecular weight excluding hydrogens is 362 g/mol. The summed E-state index contributed by atoms with van der Waals surface area (Å²) in [6, 6.07) is 22.2. The molecule has 4 heteroatoms. The largest absolute Gasteiger partial charge is 0.497 e. The monoisotopic (exact) mass is 383 g/mol. The smallest absolute Gasteiger partial charge is 0.220 e. The molecule has 3 aliphatic rings. The molecule has 0 radical (unpaired) electrons. The maximum atomic E-state index is 12.5. The van der Waals surface area contributed by atoms with Gasteiger partial charge in [-0.3, -0.25) is 4.79 Å². The zero-order valence-electron chi connectivity index (χ0n) is 16.4. The Labute approximate surface area is 169 Å². The molecule has 0 unspecified atom stereocenters. The first-order valence-electron chi connectivity index (χ1n) is 9.68. The summed E-state index contributed by atoms with van der Waals surface area (Å²) in [5, 5.41) is 0. The average Bonchev–Trinajstić information content (AvgIpc) is 2.77. The van der Waals surface area contributed by atoms with Crippen LogP contribution in [0.5, 0.6) is 11.5 Å². The summed E-state index contributed by atoms with van der Waals surface area (Å²) >= 11 is 0. The van der Waals surface area contributed by atoms with Gasteiger partial charge in [-0.05, 0) is 59.5 Å². The third-order valence-electron chi connectivity index (χ3n) is 5.68. The Hall–Kier alpha value is -3.53. The van der Waals surface area contributed by atoms with E-state index in [0.29, 0.717) is 5.75 Å². The molecule has 0 atom stereocenters. The van der Waals surface area contributed by atoms with Gasteiger partial charge < -0.3 is 14.0 Å². The summed E-state index contributed by atoms with van der Waals surface area (Å²) in [5.41, 5.74) is 7.63. The molecule has 2 aromatic rings. The molecule has 2 aliphatic heterocycles. The minimum atomic E-state index is -0.102. The van der Waals surface area contributed by atoms with E-state index < -0.39 is 0 Å². The van der Waals surface area contributed by atoms with Crippen molar-refractivity contribution >= 4 is 0 Å². The van der Waals surface area contributed by atoms with Gasteiger partial charge >= 0.3 is 0 Å². The van der Waals surface area contributed by atoms with Crippen LogP contribution >= 0.6 is 0 Å². The highest BCUT2D eigenvalue weighted by Crippen LogP contribution is 2.42. The molecule has 0 amide bonds. The molecule has 2 aromatic carbocycles. The zero-order valence-corrected chi connectivity index (χ0v) is 16.4. The van der Waals surface area contributed by atoms with E-state index in [1.165, 1.54) is 11.1 Å². The number of ether oxygens (including phenoxy) is 2. The summed E-state index contributed by atoms with van der Waals surface area (Å²) in [4.78, 5) is 12.5. The number of benzene rings is 3. The predicted molar refractivity (Wildman–Crippen MR) is 115 cm³/mol. The van der Waals surface area contributed by atoms with E-state index in [4.69, 9.17) is 9.47 Å². The molecule has 4 nitrogen and oxygen atoms in total. The fourth-order valence-electron chi connectivity index (χ4n) is 4.30. The number of fused-ring (bicyclic) bond motifs is 4. The van der Waals surface area contributed by atoms with Crippen LogP contribution in [0.2, 0.25) is 0 Å². The first kappa shape index (κ1) is 17.6. The van der Waals surface area contributed by atoms with Crippen LogP contribution in [0.3, 0.4) is 0 Å². The third-order valence-corrected chi connectivity index (χ3v) is 5.68. The van der Waals surface area contributed by atoms with Gasteiger partial charge in [0.25, 0.3) is 0 Å². The summed E-state index contributed by atoms with van der Waals surface area (Å²) < 4.78 is 13.1. The molecule has 2 heterocycles. The van der Waals surface area contributed by atoms with Gasteiger partial charge in [0.1, 0.15) is 5.75 Å². The van der Waals surface area contributed by atoms with Crippen LogP contribution in [0, 0.1) is 0 Å². The van der Waals surface area contributed by atoms with Crippen molar-refractivity contribution in [2.75, 3.05) is 14.2 Å². The van der Waals surface area contributed by atoms with Crippen molar-refractivity contribution in [2.24, 2.45) is 0 Å². The number of methoxy groups -OCH3 is 2. The lowest BCUT2D eigenvalue weighted by Gasteiger charge is -2.29. The molecule has 0 bridgehead atoms. The van der Waals surface area contributed by atoms with E-state index in [0.717, 1.165) is 46.8 Å². The quantitative estimate of drug-likeness (QED) is 0.507. The first-order chi connectivity index (χ1) is 14.2. The fraction of sp³-hybridized carbons (Fsp3) is 0.160. The summed E-state index contributed by atoms with van der Waals surface area (Å²) in [6.07, 6.45) is 0.923. The van der Waals surface area contributed by atoms with Gasteiger partial charge in [0, 0.05) is 23.4 Å². The van der Waals surface area contributed by atoms with Gasteiger partial charge in [0.2, 0.25) is 5.43 Å². The van der Waals surface area contributed by atoms with Crippen molar-refractivity contribution in [1.82, 2.24) is 4.57 Å². The van der Waals surface area contributed by atoms with Crippen molar-refractivity contribution in [3.63, 3.8) is 0 Å². The highest BCUT2D eigenvalue weighted by Gasteiger charge is 2.24. The highest BCUT2D eigenvalue weighted by molar-refractivity contribution is 5.88. The standard InChI is InChI=1S/C25H21NO3/c1-28-19-8-9-20-17(12-19)10-11-26-22(20)13-18-14-23(27)24(29-2)15-21(18)25(26)16-6-4-3-5-7-16/h3-9,12-15H,10-11H2,1-2H3. The number of nitrogens with zero attached hydrogens (tertiary/aromatic N) is 1. The molecule has 5 rings (SSSR count). The summed E-state index contributed by atoms with van der Waals surface area (Å²) in [7, 11) is 3.23. The maximum Gasteiger partial charge on any atom is 0.220 e. The van der Waals surface area contributed by atoms with Crippen molar-refractivity contribution in [3.8, 4) is 45.1 Å². The van der Waals surface area contributed by atoms with Crippen molar-refractivity contribution < 1.29 is 9.47 Å². The second-order valence-corrected chi connectivity index (χ2v) is 7.26. The number of hydrogen-bond donors (Lipinski definition) is 0. The van der Waals surface area contributed by atoms with Crippen molar-refractivity contribution in [1.29, 1.82) is 0 Å². The van der Waals surface area contributed by atoms with Crippen LogP contribution < -0.4 is 14.9 Å². The number of hydrogen-bond acceptors (Lipinski definition) is 3. The molecule has 29 heavy (non-hydrogen) atoms. The predicted octanol–water partition coefficient (Wildman–Crippen LogP) is 4.86. The molecule has 0 saturated heterocycles. The Morgan fingerprint density at radius 3 is 2.41 bits per heavy atom. The maximum absolute atomic E-state index is 12.5. The van der Waals surface area contributed by atoms with Gasteiger partial charge in [-0.25, -0.2) is 0 Å². The van der Waals surface area contributed by atoms with Crippen LogP contribution in [0.4, 0.5) is 0 Å². The Morgan fingerprint density at radius 2 is 1.66 bits per heavy atom. The topological polar surface area (TPSA) is 40.5 Å². The van der Waals surface area contributed by atoms with E-state index >= 15 is 0 Å². The minimum Gasteiger partial charge on any atom is -0.497 e. The second kappa shape index (κ2) is 6.82. The van der Waals surface area contributed by atoms with E-state index in [1.807, 2.05) is 30.3 Å². The number of pyridine rings is 1. The first-order valence-corrected chi connectivity index (χ1v) is 9.68. The van der Waals surface area contributed by atoms with E-state index in [2.05, 4.69) is 34.9 Å². The summed E-state index contributed by atoms with van der Waals surface area (Å²) in [5.74, 6) is 1.24. The van der Waals surface area contributed by atoms with Gasteiger partial charge in [-0.2, -0.15) is 0 Å². The number of aromatic nitrogens is 1. The average molecular weight is 383 g/mol. The molecule has 0 spiro atoms. The van der Waals surface area contributed by atoms with Crippen LogP contribution in [0.15, 0.2) is 71.5 Å². The summed E-state index contributed by atoms with van der Waals surface area (Å²) in [6.45, 7) is 0.858. The van der Waals surface area contributed by atoms with Gasteiger partial charge in [-0.1, -0.05) is 30.3 Å². The lowest BCUT2D eigenvalue weighted by molar-refractivity contribution is 0.411. The Morgan fingerprint density at radius 1 is 0.828 bits per heavy atom. The van der Waals surface area contributed by atoms with Gasteiger partial charge in [-0.15, -0.1) is 0 Å². The number of rotatable bonds is 3. The SMILES string of the molecule is COc1ccc2c(c1)CCn1c-2cc2cc(=O)c(OC)cc-2c1-c1ccccc1. The molecular formula is C25H21NO3. The van der Waals surface area contributed by atoms with E-state index in [9.17, 15) is 4.79 Å². The normalized spacial score (nSPS) is 12.3. The molecule has 0 fully saturated rings. The van der Waals surface area contributed by atoms with E-state index in [1.54, 1.807) is 20.3 Å². The molecule has 1 aliphatic carbocycles.